The van der Waals surface area contributed by atoms with Gasteiger partial charge in [-0.15, -0.1) is 0 Å². The molecule has 1 unspecified atom stereocenters. The minimum absolute atomic E-state index is 0.124. The van der Waals surface area contributed by atoms with Crippen molar-refractivity contribution in [2.24, 2.45) is 5.41 Å². The Balaban J connectivity index is 1.44. The van der Waals surface area contributed by atoms with Gasteiger partial charge in [-0.1, -0.05) is 22.0 Å². The number of anilines is 1. The quantitative estimate of drug-likeness (QED) is 0.565. The summed E-state index contributed by atoms with van der Waals surface area (Å²) in [5.41, 5.74) is 1.82. The van der Waals surface area contributed by atoms with Gasteiger partial charge in [0.05, 0.1) is 16.8 Å². The van der Waals surface area contributed by atoms with E-state index in [2.05, 4.69) is 26.1 Å². The van der Waals surface area contributed by atoms with Gasteiger partial charge in [0.15, 0.2) is 0 Å². The molecule has 1 aromatic carbocycles. The van der Waals surface area contributed by atoms with E-state index in [0.29, 0.717) is 21.4 Å². The minimum Gasteiger partial charge on any atom is -0.370 e. The Morgan fingerprint density at radius 1 is 1.07 bits per heavy atom. The van der Waals surface area contributed by atoms with Crippen LogP contribution in [0.1, 0.15) is 46.4 Å². The number of benzene rings is 1. The van der Waals surface area contributed by atoms with E-state index in [-0.39, 0.29) is 18.7 Å². The standard InChI is InChI=1S/C19H18BrN3O4/c20-10-6-19(7-10)8-22(9-19)12-3-1-2-11-15(12)18(27)23(17(11)26)13-4-5-14(24)21-16(13)25/h1-3,10,13H,4-9H2,(H,21,24,25). The van der Waals surface area contributed by atoms with Gasteiger partial charge in [0.25, 0.3) is 11.8 Å². The second kappa shape index (κ2) is 5.64. The normalized spacial score (nSPS) is 26.8. The van der Waals surface area contributed by atoms with E-state index in [1.165, 1.54) is 0 Å². The highest BCUT2D eigenvalue weighted by atomic mass is 79.9. The molecule has 140 valence electrons. The second-order valence-electron chi connectivity index (χ2n) is 8.01. The first kappa shape index (κ1) is 16.9. The van der Waals surface area contributed by atoms with Crippen molar-refractivity contribution >= 4 is 45.2 Å². The average molecular weight is 432 g/mol. The molecule has 1 spiro atoms. The number of halogens is 1. The number of nitrogens with one attached hydrogen (secondary N) is 1. The second-order valence-corrected chi connectivity index (χ2v) is 9.30. The molecule has 2 saturated heterocycles. The van der Waals surface area contributed by atoms with Crippen molar-refractivity contribution in [1.82, 2.24) is 10.2 Å². The van der Waals surface area contributed by atoms with Gasteiger partial charge < -0.3 is 4.90 Å². The fraction of sp³-hybridized carbons (Fsp3) is 0.474. The van der Waals surface area contributed by atoms with Crippen LogP contribution in [0.3, 0.4) is 0 Å². The molecule has 7 nitrogen and oxygen atoms in total. The number of carbonyl (C=O) groups excluding carboxylic acids is 4. The molecule has 4 aliphatic rings. The summed E-state index contributed by atoms with van der Waals surface area (Å²) in [6.07, 6.45) is 2.56. The van der Waals surface area contributed by atoms with Crippen LogP contribution in [0.4, 0.5) is 5.69 Å². The Morgan fingerprint density at radius 2 is 1.81 bits per heavy atom. The third kappa shape index (κ3) is 2.38. The molecule has 0 aromatic heterocycles. The van der Waals surface area contributed by atoms with Crippen LogP contribution in [-0.4, -0.2) is 52.5 Å². The van der Waals surface area contributed by atoms with Gasteiger partial charge >= 0.3 is 0 Å². The maximum Gasteiger partial charge on any atom is 0.264 e. The summed E-state index contributed by atoms with van der Waals surface area (Å²) >= 11 is 3.63. The predicted molar refractivity (Wildman–Crippen MR) is 99.7 cm³/mol. The van der Waals surface area contributed by atoms with Gasteiger partial charge in [-0.25, -0.2) is 0 Å². The zero-order chi connectivity index (χ0) is 18.9. The Labute approximate surface area is 164 Å². The molecule has 1 aromatic rings. The number of rotatable bonds is 2. The summed E-state index contributed by atoms with van der Waals surface area (Å²) in [5, 5.41) is 2.23. The van der Waals surface area contributed by atoms with Gasteiger partial charge in [0.1, 0.15) is 6.04 Å². The number of fused-ring (bicyclic) bond motifs is 1. The molecule has 3 aliphatic heterocycles. The zero-order valence-electron chi connectivity index (χ0n) is 14.5. The van der Waals surface area contributed by atoms with Crippen LogP contribution in [0.2, 0.25) is 0 Å². The van der Waals surface area contributed by atoms with Crippen LogP contribution in [-0.2, 0) is 9.59 Å². The smallest absolute Gasteiger partial charge is 0.264 e. The van der Waals surface area contributed by atoms with Crippen molar-refractivity contribution in [2.45, 2.75) is 36.6 Å². The predicted octanol–water partition coefficient (Wildman–Crippen LogP) is 1.45. The number of hydrogen-bond donors (Lipinski definition) is 1. The van der Waals surface area contributed by atoms with Gasteiger partial charge in [-0.05, 0) is 31.4 Å². The Bertz CT molecular complexity index is 900. The van der Waals surface area contributed by atoms with E-state index in [1.807, 2.05) is 6.07 Å². The molecule has 0 radical (unpaired) electrons. The lowest BCUT2D eigenvalue weighted by Crippen LogP contribution is -2.63. The van der Waals surface area contributed by atoms with Gasteiger partial charge in [0, 0.05) is 29.8 Å². The van der Waals surface area contributed by atoms with E-state index in [9.17, 15) is 19.2 Å². The van der Waals surface area contributed by atoms with Gasteiger partial charge in [-0.2, -0.15) is 0 Å². The molecule has 1 N–H and O–H groups in total. The van der Waals surface area contributed by atoms with Crippen LogP contribution >= 0.6 is 15.9 Å². The van der Waals surface area contributed by atoms with Crippen LogP contribution < -0.4 is 10.2 Å². The molecular weight excluding hydrogens is 414 g/mol. The number of carbonyl (C=O) groups is 4. The van der Waals surface area contributed by atoms with Crippen molar-refractivity contribution in [1.29, 1.82) is 0 Å². The van der Waals surface area contributed by atoms with Crippen molar-refractivity contribution < 1.29 is 19.2 Å². The zero-order valence-corrected chi connectivity index (χ0v) is 16.1. The van der Waals surface area contributed by atoms with E-state index >= 15 is 0 Å². The Hall–Kier alpha value is -2.22. The monoisotopic (exact) mass is 431 g/mol. The van der Waals surface area contributed by atoms with E-state index in [4.69, 9.17) is 0 Å². The minimum atomic E-state index is -0.925. The topological polar surface area (TPSA) is 86.8 Å². The third-order valence-electron chi connectivity index (χ3n) is 6.15. The third-order valence-corrected chi connectivity index (χ3v) is 6.80. The number of nitrogens with zero attached hydrogens (tertiary/aromatic N) is 2. The lowest BCUT2D eigenvalue weighted by molar-refractivity contribution is -0.136. The molecule has 27 heavy (non-hydrogen) atoms. The molecule has 8 heteroatoms. The van der Waals surface area contributed by atoms with Crippen LogP contribution in [0.15, 0.2) is 18.2 Å². The van der Waals surface area contributed by atoms with E-state index in [0.717, 1.165) is 36.5 Å². The number of imide groups is 2. The fourth-order valence-corrected chi connectivity index (χ4v) is 6.21. The Kier molecular flexibility index (Phi) is 3.53. The van der Waals surface area contributed by atoms with Crippen LogP contribution in [0, 0.1) is 5.41 Å². The number of alkyl halides is 1. The fourth-order valence-electron chi connectivity index (χ4n) is 4.83. The summed E-state index contributed by atoms with van der Waals surface area (Å²) in [5.74, 6) is -1.84. The molecule has 1 aliphatic carbocycles. The van der Waals surface area contributed by atoms with Gasteiger partial charge in [0.2, 0.25) is 11.8 Å². The summed E-state index contributed by atoms with van der Waals surface area (Å²) in [7, 11) is 0. The molecular formula is C19H18BrN3O4. The molecule has 0 bridgehead atoms. The molecule has 5 rings (SSSR count). The van der Waals surface area contributed by atoms with Crippen molar-refractivity contribution in [3.8, 4) is 0 Å². The first-order chi connectivity index (χ1) is 12.9. The maximum absolute atomic E-state index is 13.1. The number of amides is 4. The molecule has 1 atom stereocenters. The SMILES string of the molecule is O=C1CCC(N2C(=O)c3cccc(N4CC5(CC(Br)C5)C4)c3C2=O)C(=O)N1. The van der Waals surface area contributed by atoms with Gasteiger partial charge in [-0.3, -0.25) is 29.4 Å². The first-order valence-corrected chi connectivity index (χ1v) is 10.0. The van der Waals surface area contributed by atoms with E-state index in [1.54, 1.807) is 12.1 Å². The van der Waals surface area contributed by atoms with Crippen molar-refractivity contribution in [3.63, 3.8) is 0 Å². The lowest BCUT2D eigenvalue weighted by atomic mass is 9.63. The van der Waals surface area contributed by atoms with Crippen molar-refractivity contribution in [2.75, 3.05) is 18.0 Å². The molecule has 4 amide bonds. The lowest BCUT2D eigenvalue weighted by Gasteiger charge is -2.59. The summed E-state index contributed by atoms with van der Waals surface area (Å²) in [6, 6.07) is 4.37. The highest BCUT2D eigenvalue weighted by molar-refractivity contribution is 9.09. The Morgan fingerprint density at radius 3 is 2.48 bits per heavy atom. The highest BCUT2D eigenvalue weighted by Gasteiger charge is 2.53. The van der Waals surface area contributed by atoms with Crippen LogP contribution in [0.25, 0.3) is 0 Å². The summed E-state index contributed by atoms with van der Waals surface area (Å²) in [4.78, 5) is 53.3. The van der Waals surface area contributed by atoms with E-state index < -0.39 is 23.8 Å². The molecule has 1 saturated carbocycles. The number of hydrogen-bond acceptors (Lipinski definition) is 5. The largest absolute Gasteiger partial charge is 0.370 e. The molecule has 3 fully saturated rings. The van der Waals surface area contributed by atoms with Crippen LogP contribution in [0.5, 0.6) is 0 Å². The van der Waals surface area contributed by atoms with Crippen molar-refractivity contribution in [3.05, 3.63) is 29.3 Å². The maximum atomic E-state index is 13.1. The summed E-state index contributed by atoms with van der Waals surface area (Å²) in [6.45, 7) is 1.76. The summed E-state index contributed by atoms with van der Waals surface area (Å²) < 4.78 is 0. The molecule has 3 heterocycles. The average Bonchev–Trinajstić information content (AvgIpc) is 2.82. The first-order valence-electron chi connectivity index (χ1n) is 9.12. The highest BCUT2D eigenvalue weighted by Crippen LogP contribution is 2.53. The number of piperidine rings is 1.